The van der Waals surface area contributed by atoms with Gasteiger partial charge in [-0.05, 0) is 51.6 Å². The van der Waals surface area contributed by atoms with Crippen LogP contribution in [-0.4, -0.2) is 10.2 Å². The third-order valence-electron chi connectivity index (χ3n) is 6.15. The molecule has 1 heterocycles. The van der Waals surface area contributed by atoms with Crippen LogP contribution >= 0.6 is 0 Å². The summed E-state index contributed by atoms with van der Waals surface area (Å²) in [5.41, 5.74) is 9.58. The molecular weight excluding hydrogens is 380 g/mol. The van der Waals surface area contributed by atoms with Gasteiger partial charge in [0, 0.05) is 17.0 Å². The number of nitrogens with zero attached hydrogens (tertiary/aromatic N) is 2. The monoisotopic (exact) mass is 400 g/mol. The van der Waals surface area contributed by atoms with Crippen LogP contribution < -0.4 is 0 Å². The molecule has 0 N–H and O–H groups in total. The maximum atomic E-state index is 6.10. The molecule has 0 bridgehead atoms. The van der Waals surface area contributed by atoms with Crippen molar-refractivity contribution in [3.63, 3.8) is 0 Å². The third kappa shape index (κ3) is 2.82. The number of benzene rings is 4. The number of rotatable bonds is 3. The Hall–Kier alpha value is -3.98. The second-order valence-corrected chi connectivity index (χ2v) is 7.90. The van der Waals surface area contributed by atoms with Crippen molar-refractivity contribution in [1.82, 2.24) is 10.2 Å². The predicted molar refractivity (Wildman–Crippen MR) is 124 cm³/mol. The van der Waals surface area contributed by atoms with E-state index in [0.29, 0.717) is 17.7 Å². The van der Waals surface area contributed by atoms with E-state index < -0.39 is 0 Å². The first-order valence-electron chi connectivity index (χ1n) is 10.5. The average Bonchev–Trinajstić information content (AvgIpc) is 3.44. The Balaban J connectivity index is 1.51. The van der Waals surface area contributed by atoms with Crippen molar-refractivity contribution in [3.05, 3.63) is 108 Å². The standard InChI is InChI=1S/C28H20N2O/c1-18-20-12-5-6-13-21(20)23-16-9-17-24(26(18)23)22-14-7-8-15-25(22)28-30-29-27(31-28)19-10-3-2-4-11-19/h2-18H,1H3/t18-/m0/s1. The highest BCUT2D eigenvalue weighted by Crippen LogP contribution is 2.49. The fourth-order valence-corrected chi connectivity index (χ4v) is 4.71. The van der Waals surface area contributed by atoms with Gasteiger partial charge < -0.3 is 4.42 Å². The molecule has 0 unspecified atom stereocenters. The van der Waals surface area contributed by atoms with Crippen molar-refractivity contribution < 1.29 is 4.42 Å². The van der Waals surface area contributed by atoms with E-state index in [0.717, 1.165) is 16.7 Å². The van der Waals surface area contributed by atoms with Gasteiger partial charge in [-0.3, -0.25) is 0 Å². The second-order valence-electron chi connectivity index (χ2n) is 7.90. The molecule has 1 atom stereocenters. The average molecular weight is 400 g/mol. The van der Waals surface area contributed by atoms with Crippen LogP contribution in [0.1, 0.15) is 24.0 Å². The van der Waals surface area contributed by atoms with Crippen LogP contribution in [0, 0.1) is 0 Å². The molecular formula is C28H20N2O. The van der Waals surface area contributed by atoms with Gasteiger partial charge in [-0.25, -0.2) is 0 Å². The lowest BCUT2D eigenvalue weighted by atomic mass is 9.89. The summed E-state index contributed by atoms with van der Waals surface area (Å²) in [6.45, 7) is 2.29. The zero-order chi connectivity index (χ0) is 20.8. The minimum atomic E-state index is 0.332. The summed E-state index contributed by atoms with van der Waals surface area (Å²) < 4.78 is 6.10. The summed E-state index contributed by atoms with van der Waals surface area (Å²) in [6.07, 6.45) is 0. The van der Waals surface area contributed by atoms with Crippen LogP contribution in [0.25, 0.3) is 45.2 Å². The highest BCUT2D eigenvalue weighted by atomic mass is 16.4. The highest BCUT2D eigenvalue weighted by Gasteiger charge is 2.28. The van der Waals surface area contributed by atoms with Gasteiger partial charge in [0.05, 0.1) is 0 Å². The largest absolute Gasteiger partial charge is 0.416 e. The lowest BCUT2D eigenvalue weighted by Gasteiger charge is -2.15. The Morgan fingerprint density at radius 2 is 1.13 bits per heavy atom. The van der Waals surface area contributed by atoms with Crippen LogP contribution in [0.5, 0.6) is 0 Å². The summed E-state index contributed by atoms with van der Waals surface area (Å²) in [4.78, 5) is 0. The smallest absolute Gasteiger partial charge is 0.248 e. The van der Waals surface area contributed by atoms with Gasteiger partial charge in [-0.2, -0.15) is 0 Å². The van der Waals surface area contributed by atoms with Gasteiger partial charge >= 0.3 is 0 Å². The van der Waals surface area contributed by atoms with E-state index in [1.807, 2.05) is 36.4 Å². The Morgan fingerprint density at radius 1 is 0.548 bits per heavy atom. The molecule has 0 amide bonds. The van der Waals surface area contributed by atoms with Crippen molar-refractivity contribution >= 4 is 0 Å². The molecule has 1 aliphatic rings. The van der Waals surface area contributed by atoms with Crippen LogP contribution in [0.15, 0.2) is 101 Å². The highest BCUT2D eigenvalue weighted by molar-refractivity contribution is 5.90. The van der Waals surface area contributed by atoms with Gasteiger partial charge in [0.2, 0.25) is 11.8 Å². The van der Waals surface area contributed by atoms with Crippen molar-refractivity contribution in [3.8, 4) is 45.2 Å². The Labute approximate surface area is 181 Å². The number of aromatic nitrogens is 2. The summed E-state index contributed by atoms with van der Waals surface area (Å²) >= 11 is 0. The fraction of sp³-hybridized carbons (Fsp3) is 0.0714. The Bertz CT molecular complexity index is 1400. The first kappa shape index (κ1) is 17.8. The zero-order valence-electron chi connectivity index (χ0n) is 17.1. The van der Waals surface area contributed by atoms with Crippen LogP contribution in [0.4, 0.5) is 0 Å². The number of hydrogen-bond acceptors (Lipinski definition) is 3. The van der Waals surface area contributed by atoms with E-state index >= 15 is 0 Å². The topological polar surface area (TPSA) is 38.9 Å². The minimum Gasteiger partial charge on any atom is -0.416 e. The van der Waals surface area contributed by atoms with Crippen LogP contribution in [-0.2, 0) is 0 Å². The first-order valence-corrected chi connectivity index (χ1v) is 10.5. The first-order chi connectivity index (χ1) is 15.3. The quantitative estimate of drug-likeness (QED) is 0.321. The van der Waals surface area contributed by atoms with E-state index in [9.17, 15) is 0 Å². The lowest BCUT2D eigenvalue weighted by Crippen LogP contribution is -1.95. The molecule has 6 rings (SSSR count). The number of fused-ring (bicyclic) bond motifs is 3. The van der Waals surface area contributed by atoms with E-state index in [1.165, 1.54) is 27.8 Å². The van der Waals surface area contributed by atoms with E-state index in [4.69, 9.17) is 4.42 Å². The molecule has 31 heavy (non-hydrogen) atoms. The minimum absolute atomic E-state index is 0.332. The van der Waals surface area contributed by atoms with Crippen molar-refractivity contribution in [2.75, 3.05) is 0 Å². The summed E-state index contributed by atoms with van der Waals surface area (Å²) in [5.74, 6) is 1.40. The molecule has 4 aromatic carbocycles. The normalized spacial score (nSPS) is 14.3. The molecule has 0 aliphatic heterocycles. The molecule has 3 heteroatoms. The lowest BCUT2D eigenvalue weighted by molar-refractivity contribution is 0.585. The fourth-order valence-electron chi connectivity index (χ4n) is 4.71. The molecule has 5 aromatic rings. The second kappa shape index (κ2) is 7.06. The molecule has 3 nitrogen and oxygen atoms in total. The predicted octanol–water partition coefficient (Wildman–Crippen LogP) is 7.20. The van der Waals surface area contributed by atoms with Gasteiger partial charge in [-0.15, -0.1) is 10.2 Å². The zero-order valence-corrected chi connectivity index (χ0v) is 17.1. The molecule has 0 saturated heterocycles. The van der Waals surface area contributed by atoms with E-state index in [2.05, 4.69) is 77.8 Å². The molecule has 1 aliphatic carbocycles. The maximum Gasteiger partial charge on any atom is 0.248 e. The molecule has 0 radical (unpaired) electrons. The molecule has 0 saturated carbocycles. The molecule has 0 spiro atoms. The number of hydrogen-bond donors (Lipinski definition) is 0. The summed E-state index contributed by atoms with van der Waals surface area (Å²) in [6, 6.07) is 33.4. The van der Waals surface area contributed by atoms with Gasteiger partial charge in [0.25, 0.3) is 0 Å². The van der Waals surface area contributed by atoms with Crippen molar-refractivity contribution in [2.24, 2.45) is 0 Å². The van der Waals surface area contributed by atoms with Gasteiger partial charge in [-0.1, -0.05) is 85.8 Å². The third-order valence-corrected chi connectivity index (χ3v) is 6.15. The van der Waals surface area contributed by atoms with Gasteiger partial charge in [0.1, 0.15) is 0 Å². The Morgan fingerprint density at radius 3 is 1.94 bits per heavy atom. The van der Waals surface area contributed by atoms with Crippen LogP contribution in [0.3, 0.4) is 0 Å². The summed E-state index contributed by atoms with van der Waals surface area (Å²) in [7, 11) is 0. The summed E-state index contributed by atoms with van der Waals surface area (Å²) in [5, 5.41) is 8.69. The Kier molecular flexibility index (Phi) is 4.07. The van der Waals surface area contributed by atoms with Crippen LogP contribution in [0.2, 0.25) is 0 Å². The van der Waals surface area contributed by atoms with E-state index in [-0.39, 0.29) is 0 Å². The molecule has 148 valence electrons. The SMILES string of the molecule is C[C@H]1c2ccccc2-c2cccc(-c3ccccc3-c3nnc(-c4ccccc4)o3)c21. The van der Waals surface area contributed by atoms with Gasteiger partial charge in [0.15, 0.2) is 0 Å². The van der Waals surface area contributed by atoms with Crippen molar-refractivity contribution in [2.45, 2.75) is 12.8 Å². The van der Waals surface area contributed by atoms with Crippen molar-refractivity contribution in [1.29, 1.82) is 0 Å². The molecule has 0 fully saturated rings. The van der Waals surface area contributed by atoms with E-state index in [1.54, 1.807) is 0 Å². The maximum absolute atomic E-state index is 6.10. The molecule has 1 aromatic heterocycles.